The van der Waals surface area contributed by atoms with E-state index in [0.29, 0.717) is 12.2 Å². The molecular formula is C16H20NO2+. The van der Waals surface area contributed by atoms with Crippen molar-refractivity contribution in [1.29, 1.82) is 0 Å². The van der Waals surface area contributed by atoms with Crippen LogP contribution in [0.2, 0.25) is 0 Å². The summed E-state index contributed by atoms with van der Waals surface area (Å²) in [4.78, 5) is 12.1. The fourth-order valence-corrected chi connectivity index (χ4v) is 1.89. The van der Waals surface area contributed by atoms with E-state index in [9.17, 15) is 4.79 Å². The smallest absolute Gasteiger partial charge is 0.338 e. The molecule has 0 amide bonds. The highest BCUT2D eigenvalue weighted by molar-refractivity contribution is 6.04. The first-order chi connectivity index (χ1) is 8.97. The largest absolute Gasteiger partial charge is 0.456 e. The molecule has 0 aliphatic carbocycles. The van der Waals surface area contributed by atoms with E-state index in [2.05, 4.69) is 21.1 Å². The van der Waals surface area contributed by atoms with Gasteiger partial charge in [-0.3, -0.25) is 0 Å². The lowest BCUT2D eigenvalue weighted by Gasteiger charge is -2.23. The fourth-order valence-electron chi connectivity index (χ4n) is 1.89. The first-order valence-corrected chi connectivity index (χ1v) is 6.43. The summed E-state index contributed by atoms with van der Waals surface area (Å²) in [5.74, 6) is -0.245. The Labute approximate surface area is 114 Å². The lowest BCUT2D eigenvalue weighted by Crippen LogP contribution is -2.38. The van der Waals surface area contributed by atoms with Gasteiger partial charge in [0.05, 0.1) is 26.7 Å². The van der Waals surface area contributed by atoms with E-state index in [0.717, 1.165) is 21.8 Å². The molecule has 0 aliphatic heterocycles. The van der Waals surface area contributed by atoms with Crippen LogP contribution in [-0.4, -0.2) is 44.7 Å². The number of hydrogen-bond acceptors (Lipinski definition) is 2. The van der Waals surface area contributed by atoms with Crippen molar-refractivity contribution in [2.24, 2.45) is 0 Å². The van der Waals surface area contributed by atoms with Crippen molar-refractivity contribution in [1.82, 2.24) is 0 Å². The van der Waals surface area contributed by atoms with E-state index in [1.54, 1.807) is 0 Å². The van der Waals surface area contributed by atoms with Gasteiger partial charge in [0.15, 0.2) is 0 Å². The van der Waals surface area contributed by atoms with Crippen molar-refractivity contribution in [2.45, 2.75) is 0 Å². The third-order valence-electron chi connectivity index (χ3n) is 3.00. The summed E-state index contributed by atoms with van der Waals surface area (Å²) in [5, 5.41) is 2.00. The van der Waals surface area contributed by atoms with Crippen LogP contribution in [-0.2, 0) is 4.74 Å². The molecule has 0 unspecified atom stereocenters. The Morgan fingerprint density at radius 1 is 1.05 bits per heavy atom. The SMILES string of the molecule is C[N+](C)(C)CCOC(=O)c1cccc2ccccc12. The van der Waals surface area contributed by atoms with Crippen molar-refractivity contribution >= 4 is 16.7 Å². The molecule has 0 N–H and O–H groups in total. The Morgan fingerprint density at radius 2 is 1.74 bits per heavy atom. The van der Waals surface area contributed by atoms with Gasteiger partial charge in [-0.2, -0.15) is 0 Å². The number of nitrogens with zero attached hydrogens (tertiary/aromatic N) is 1. The van der Waals surface area contributed by atoms with Crippen molar-refractivity contribution < 1.29 is 14.0 Å². The van der Waals surface area contributed by atoms with Crippen LogP contribution in [0.3, 0.4) is 0 Å². The molecule has 2 aromatic rings. The summed E-state index contributed by atoms with van der Waals surface area (Å²) in [6.45, 7) is 1.24. The molecule has 2 rings (SSSR count). The third-order valence-corrected chi connectivity index (χ3v) is 3.00. The van der Waals surface area contributed by atoms with E-state index in [-0.39, 0.29) is 5.97 Å². The lowest BCUT2D eigenvalue weighted by molar-refractivity contribution is -0.870. The summed E-state index contributed by atoms with van der Waals surface area (Å²) in [6.07, 6.45) is 0. The van der Waals surface area contributed by atoms with Gasteiger partial charge in [0.1, 0.15) is 13.2 Å². The molecule has 0 aromatic heterocycles. The Balaban J connectivity index is 2.14. The van der Waals surface area contributed by atoms with Crippen LogP contribution in [0.4, 0.5) is 0 Å². The topological polar surface area (TPSA) is 26.3 Å². The Bertz CT molecular complexity index is 579. The molecule has 0 fully saturated rings. The summed E-state index contributed by atoms with van der Waals surface area (Å²) in [5.41, 5.74) is 0.638. The van der Waals surface area contributed by atoms with Crippen molar-refractivity contribution in [3.05, 3.63) is 48.0 Å². The predicted octanol–water partition coefficient (Wildman–Crippen LogP) is 2.70. The van der Waals surface area contributed by atoms with Crippen molar-refractivity contribution in [2.75, 3.05) is 34.3 Å². The first kappa shape index (κ1) is 13.6. The minimum absolute atomic E-state index is 0.245. The average molecular weight is 258 g/mol. The molecule has 0 aliphatic rings. The number of carbonyl (C=O) groups excluding carboxylic acids is 1. The van der Waals surface area contributed by atoms with Crippen molar-refractivity contribution in [3.63, 3.8) is 0 Å². The lowest BCUT2D eigenvalue weighted by atomic mass is 10.1. The minimum Gasteiger partial charge on any atom is -0.456 e. The number of rotatable bonds is 4. The van der Waals surface area contributed by atoms with E-state index in [1.807, 2.05) is 42.5 Å². The summed E-state index contributed by atoms with van der Waals surface area (Å²) in [7, 11) is 6.23. The normalized spacial score (nSPS) is 11.5. The Kier molecular flexibility index (Phi) is 3.86. The van der Waals surface area contributed by atoms with E-state index in [4.69, 9.17) is 4.74 Å². The molecule has 19 heavy (non-hydrogen) atoms. The van der Waals surface area contributed by atoms with E-state index >= 15 is 0 Å². The second kappa shape index (κ2) is 5.41. The van der Waals surface area contributed by atoms with Gasteiger partial charge in [0.25, 0.3) is 0 Å². The van der Waals surface area contributed by atoms with Gasteiger partial charge in [-0.15, -0.1) is 0 Å². The van der Waals surface area contributed by atoms with Gasteiger partial charge in [0.2, 0.25) is 0 Å². The third kappa shape index (κ3) is 3.55. The molecule has 0 radical (unpaired) electrons. The number of likely N-dealkylation sites (N-methyl/N-ethyl adjacent to an activating group) is 1. The molecular weight excluding hydrogens is 238 g/mol. The summed E-state index contributed by atoms with van der Waals surface area (Å²) in [6, 6.07) is 13.6. The molecule has 2 aromatic carbocycles. The first-order valence-electron chi connectivity index (χ1n) is 6.43. The molecule has 3 nitrogen and oxygen atoms in total. The van der Waals surface area contributed by atoms with Crippen LogP contribution in [0.5, 0.6) is 0 Å². The molecule has 0 bridgehead atoms. The monoisotopic (exact) mass is 258 g/mol. The molecule has 0 atom stereocenters. The Hall–Kier alpha value is -1.87. The minimum atomic E-state index is -0.245. The van der Waals surface area contributed by atoms with Gasteiger partial charge >= 0.3 is 5.97 Å². The number of fused-ring (bicyclic) bond motifs is 1. The quantitative estimate of drug-likeness (QED) is 0.622. The van der Waals surface area contributed by atoms with Crippen LogP contribution in [0.25, 0.3) is 10.8 Å². The highest BCUT2D eigenvalue weighted by atomic mass is 16.5. The number of esters is 1. The van der Waals surface area contributed by atoms with Crippen LogP contribution >= 0.6 is 0 Å². The zero-order valence-electron chi connectivity index (χ0n) is 11.7. The van der Waals surface area contributed by atoms with Crippen LogP contribution in [0.15, 0.2) is 42.5 Å². The van der Waals surface area contributed by atoms with Crippen LogP contribution in [0.1, 0.15) is 10.4 Å². The van der Waals surface area contributed by atoms with Gasteiger partial charge in [0, 0.05) is 0 Å². The maximum atomic E-state index is 12.1. The molecule has 0 saturated heterocycles. The molecule has 3 heteroatoms. The molecule has 0 saturated carbocycles. The fraction of sp³-hybridized carbons (Fsp3) is 0.312. The van der Waals surface area contributed by atoms with Crippen LogP contribution < -0.4 is 0 Å². The number of ether oxygens (including phenoxy) is 1. The van der Waals surface area contributed by atoms with Gasteiger partial charge < -0.3 is 9.22 Å². The number of carbonyl (C=O) groups is 1. The highest BCUT2D eigenvalue weighted by Gasteiger charge is 2.13. The van der Waals surface area contributed by atoms with Gasteiger partial charge in [-0.1, -0.05) is 36.4 Å². The standard InChI is InChI=1S/C16H20NO2/c1-17(2,3)11-12-19-16(18)15-10-6-8-13-7-4-5-9-14(13)15/h4-10H,11-12H2,1-3H3/q+1. The predicted molar refractivity (Wildman–Crippen MR) is 77.1 cm³/mol. The number of hydrogen-bond donors (Lipinski definition) is 0. The van der Waals surface area contributed by atoms with Crippen LogP contribution in [0, 0.1) is 0 Å². The highest BCUT2D eigenvalue weighted by Crippen LogP contribution is 2.19. The molecule has 0 spiro atoms. The number of quaternary nitrogens is 1. The van der Waals surface area contributed by atoms with E-state index < -0.39 is 0 Å². The molecule has 0 heterocycles. The molecule has 100 valence electrons. The van der Waals surface area contributed by atoms with Crippen molar-refractivity contribution in [3.8, 4) is 0 Å². The summed E-state index contributed by atoms with van der Waals surface area (Å²) >= 11 is 0. The zero-order valence-corrected chi connectivity index (χ0v) is 11.7. The zero-order chi connectivity index (χ0) is 13.9. The maximum Gasteiger partial charge on any atom is 0.338 e. The second-order valence-corrected chi connectivity index (χ2v) is 5.68. The van der Waals surface area contributed by atoms with Gasteiger partial charge in [-0.25, -0.2) is 4.79 Å². The van der Waals surface area contributed by atoms with E-state index in [1.165, 1.54) is 0 Å². The maximum absolute atomic E-state index is 12.1. The van der Waals surface area contributed by atoms with Gasteiger partial charge in [-0.05, 0) is 16.8 Å². The Morgan fingerprint density at radius 3 is 2.47 bits per heavy atom. The number of benzene rings is 2. The summed E-state index contributed by atoms with van der Waals surface area (Å²) < 4.78 is 6.14. The average Bonchev–Trinajstić information content (AvgIpc) is 2.36. The second-order valence-electron chi connectivity index (χ2n) is 5.68.